The molecule has 0 saturated heterocycles. The topological polar surface area (TPSA) is 73.3 Å². The third-order valence-electron chi connectivity index (χ3n) is 19.6. The maximum atomic E-state index is 5.20. The molecule has 2 aromatic heterocycles. The van der Waals surface area contributed by atoms with E-state index < -0.39 is 0 Å². The Morgan fingerprint density at radius 3 is 0.962 bits per heavy atom. The van der Waals surface area contributed by atoms with Gasteiger partial charge in [0.05, 0.1) is 28.5 Å². The molecule has 0 spiro atoms. The molecule has 496 valence electrons. The fourth-order valence-electron chi connectivity index (χ4n) is 14.7. The third-order valence-corrected chi connectivity index (χ3v) is 20.3. The highest BCUT2D eigenvalue weighted by atomic mass is 79.9. The molecule has 0 aliphatic carbocycles. The van der Waals surface area contributed by atoms with Crippen LogP contribution in [-0.4, -0.2) is 19.9 Å². The largest absolute Gasteiger partial charge is 0.356 e. The Balaban J connectivity index is 0.000000130. The molecular formula is C96H65BrN8. The molecular weight excluding hydrogens is 1350 g/mol. The van der Waals surface area contributed by atoms with Crippen LogP contribution >= 0.6 is 15.9 Å². The Kier molecular flexibility index (Phi) is 17.0. The number of halogens is 1. The first-order valence-electron chi connectivity index (χ1n) is 35.2. The van der Waals surface area contributed by atoms with Crippen molar-refractivity contribution < 1.29 is 0 Å². The van der Waals surface area contributed by atoms with Crippen molar-refractivity contribution in [3.63, 3.8) is 0 Å². The van der Waals surface area contributed by atoms with Crippen LogP contribution < -0.4 is 20.0 Å². The van der Waals surface area contributed by atoms with Gasteiger partial charge in [-0.15, -0.1) is 0 Å². The van der Waals surface area contributed by atoms with E-state index in [0.29, 0.717) is 11.9 Å². The van der Waals surface area contributed by atoms with Gasteiger partial charge in [-0.25, -0.2) is 19.9 Å². The number of fused-ring (bicyclic) bond motifs is 2. The van der Waals surface area contributed by atoms with Crippen LogP contribution in [0.2, 0.25) is 0 Å². The molecule has 0 atom stereocenters. The molecule has 0 aliphatic rings. The summed E-state index contributed by atoms with van der Waals surface area (Å²) >= 11 is 3.78. The Morgan fingerprint density at radius 2 is 0.552 bits per heavy atom. The van der Waals surface area contributed by atoms with E-state index in [0.717, 1.165) is 94.3 Å². The van der Waals surface area contributed by atoms with Crippen LogP contribution in [0.5, 0.6) is 0 Å². The number of aromatic nitrogens is 4. The maximum Gasteiger partial charge on any atom is 0.235 e. The molecule has 18 aromatic carbocycles. The van der Waals surface area contributed by atoms with Crippen LogP contribution in [0.4, 0.5) is 63.1 Å². The van der Waals surface area contributed by atoms with Gasteiger partial charge in [0.1, 0.15) is 0 Å². The van der Waals surface area contributed by atoms with Gasteiger partial charge in [0.25, 0.3) is 0 Å². The summed E-state index contributed by atoms with van der Waals surface area (Å²) in [5, 5.41) is 22.6. The van der Waals surface area contributed by atoms with E-state index in [-0.39, 0.29) is 0 Å². The molecule has 20 rings (SSSR count). The molecule has 0 saturated carbocycles. The third kappa shape index (κ3) is 12.4. The average molecular weight is 1410 g/mol. The maximum absolute atomic E-state index is 5.20. The smallest absolute Gasteiger partial charge is 0.235 e. The van der Waals surface area contributed by atoms with Gasteiger partial charge in [-0.2, -0.15) is 0 Å². The lowest BCUT2D eigenvalue weighted by atomic mass is 9.92. The molecule has 1 N–H and O–H groups in total. The van der Waals surface area contributed by atoms with Crippen molar-refractivity contribution in [2.24, 2.45) is 0 Å². The molecule has 105 heavy (non-hydrogen) atoms. The molecule has 20 aromatic rings. The Hall–Kier alpha value is -13.6. The van der Waals surface area contributed by atoms with Crippen LogP contribution in [0.3, 0.4) is 0 Å². The zero-order valence-electron chi connectivity index (χ0n) is 57.0. The van der Waals surface area contributed by atoms with Gasteiger partial charge >= 0.3 is 0 Å². The normalized spacial score (nSPS) is 11.3. The van der Waals surface area contributed by atoms with Gasteiger partial charge in [0, 0.05) is 78.3 Å². The molecule has 0 bridgehead atoms. The summed E-state index contributed by atoms with van der Waals surface area (Å²) in [6.45, 7) is 0. The van der Waals surface area contributed by atoms with Gasteiger partial charge < -0.3 is 10.2 Å². The van der Waals surface area contributed by atoms with Crippen LogP contribution in [0.15, 0.2) is 393 Å². The van der Waals surface area contributed by atoms with Gasteiger partial charge in [-0.1, -0.05) is 283 Å². The summed E-state index contributed by atoms with van der Waals surface area (Å²) in [6, 6.07) is 132. The van der Waals surface area contributed by atoms with E-state index in [1.807, 2.05) is 122 Å². The highest BCUT2D eigenvalue weighted by Gasteiger charge is 2.25. The number of nitrogens with one attached hydrogen (secondary N) is 1. The zero-order chi connectivity index (χ0) is 70.0. The highest BCUT2D eigenvalue weighted by molar-refractivity contribution is 9.10. The molecule has 0 amide bonds. The zero-order valence-corrected chi connectivity index (χ0v) is 58.5. The highest BCUT2D eigenvalue weighted by Crippen LogP contribution is 2.49. The Labute approximate surface area is 616 Å². The van der Waals surface area contributed by atoms with Crippen molar-refractivity contribution in [1.82, 2.24) is 19.9 Å². The number of hydrogen-bond acceptors (Lipinski definition) is 8. The monoisotopic (exact) mass is 1410 g/mol. The number of benzene rings is 18. The Bertz CT molecular complexity index is 6390. The summed E-state index contributed by atoms with van der Waals surface area (Å²) in [7, 11) is 0. The van der Waals surface area contributed by atoms with Crippen LogP contribution in [0, 0.1) is 0 Å². The number of para-hydroxylation sites is 4. The molecule has 0 aliphatic heterocycles. The SMILES string of the molecule is Brc1ccc2ccc3c(N(c4ccc5ccccc5c4)c4nccc(-c5ccccc5)n4)ccc4ccc1c2c43.c1ccc(-c2ccnc(N(c3ccc4ccccc4c3)c3ccc4ccc5c(N(c6ccccc6)c6ccccc6)ccc6ccc3c4c65)n2)cc1.c1ccc(Nc2ccccc2)cc1. The van der Waals surface area contributed by atoms with Crippen molar-refractivity contribution in [1.29, 1.82) is 0 Å². The lowest BCUT2D eigenvalue weighted by molar-refractivity contribution is 1.09. The quantitative estimate of drug-likeness (QED) is 0.115. The van der Waals surface area contributed by atoms with Gasteiger partial charge in [-0.05, 0) is 179 Å². The Morgan fingerprint density at radius 1 is 0.238 bits per heavy atom. The van der Waals surface area contributed by atoms with Crippen molar-refractivity contribution >= 4 is 165 Å². The fraction of sp³-hybridized carbons (Fsp3) is 0. The fourth-order valence-corrected chi connectivity index (χ4v) is 15.2. The molecule has 0 radical (unpaired) electrons. The summed E-state index contributed by atoms with van der Waals surface area (Å²) in [5.41, 5.74) is 13.6. The number of nitrogens with zero attached hydrogens (tertiary/aromatic N) is 7. The van der Waals surface area contributed by atoms with Crippen molar-refractivity contribution in [2.45, 2.75) is 0 Å². The molecule has 0 unspecified atom stereocenters. The lowest BCUT2D eigenvalue weighted by Crippen LogP contribution is -2.14. The second-order valence-electron chi connectivity index (χ2n) is 26.0. The number of rotatable bonds is 13. The minimum atomic E-state index is 0.617. The van der Waals surface area contributed by atoms with E-state index >= 15 is 0 Å². The van der Waals surface area contributed by atoms with E-state index in [1.165, 1.54) is 70.0 Å². The van der Waals surface area contributed by atoms with E-state index in [2.05, 4.69) is 303 Å². The molecule has 9 heteroatoms. The van der Waals surface area contributed by atoms with Gasteiger partial charge in [-0.3, -0.25) is 9.80 Å². The molecule has 8 nitrogen and oxygen atoms in total. The summed E-state index contributed by atoms with van der Waals surface area (Å²) in [6.07, 6.45) is 3.72. The second-order valence-corrected chi connectivity index (χ2v) is 26.8. The number of anilines is 11. The van der Waals surface area contributed by atoms with E-state index in [9.17, 15) is 0 Å². The van der Waals surface area contributed by atoms with Crippen LogP contribution in [-0.2, 0) is 0 Å². The first kappa shape index (κ1) is 63.6. The van der Waals surface area contributed by atoms with Crippen molar-refractivity contribution in [3.05, 3.63) is 393 Å². The average Bonchev–Trinajstić information content (AvgIpc) is 0.725. The molecule has 0 fully saturated rings. The lowest BCUT2D eigenvalue weighted by Gasteiger charge is -2.28. The van der Waals surface area contributed by atoms with E-state index in [1.54, 1.807) is 0 Å². The number of hydrogen-bond donors (Lipinski definition) is 1. The minimum Gasteiger partial charge on any atom is -0.356 e. The van der Waals surface area contributed by atoms with Gasteiger partial charge in [0.2, 0.25) is 11.9 Å². The predicted molar refractivity (Wildman–Crippen MR) is 445 cm³/mol. The summed E-state index contributed by atoms with van der Waals surface area (Å²) in [5.74, 6) is 1.25. The van der Waals surface area contributed by atoms with E-state index in [4.69, 9.17) is 19.9 Å². The van der Waals surface area contributed by atoms with Crippen molar-refractivity contribution in [3.8, 4) is 22.5 Å². The van der Waals surface area contributed by atoms with Crippen LogP contribution in [0.25, 0.3) is 109 Å². The summed E-state index contributed by atoms with van der Waals surface area (Å²) < 4.78 is 1.10. The summed E-state index contributed by atoms with van der Waals surface area (Å²) in [4.78, 5) is 26.8. The minimum absolute atomic E-state index is 0.617. The molecule has 2 heterocycles. The van der Waals surface area contributed by atoms with Crippen molar-refractivity contribution in [2.75, 3.05) is 20.0 Å². The van der Waals surface area contributed by atoms with Gasteiger partial charge in [0.15, 0.2) is 0 Å². The standard InChI is InChI=1S/C48H32N4.C36H22BrN3.C12H11N/c1-4-13-34(14-5-1)43-30-31-49-48(50-43)52(40-25-20-33-12-10-11-15-37(33)32-40)45-29-24-36-21-26-41-44(28-23-35-22-27-42(45)47(36)46(35)41)51(38-16-6-2-7-17-38)39-18-8-3-9-19-39;37-31-18-13-25-12-17-30-33(19-14-26-11-16-29(31)34(25)35(26)30)40(28-15-10-23-6-4-5-9-27(23)22-28)36-38-21-20-32(39-36)24-7-2-1-3-8-24;1-3-7-11(8-4-1)13-12-9-5-2-6-10-12/h1-32H;1-22H;1-10,13H. The first-order valence-corrected chi connectivity index (χ1v) is 36.0. The second kappa shape index (κ2) is 28.1. The predicted octanol–water partition coefficient (Wildman–Crippen LogP) is 27.0. The first-order chi connectivity index (χ1) is 52.0. The van der Waals surface area contributed by atoms with Crippen LogP contribution in [0.1, 0.15) is 0 Å².